The molecule has 42 heavy (non-hydrogen) atoms. The van der Waals surface area contributed by atoms with Crippen molar-refractivity contribution in [2.75, 3.05) is 0 Å². The number of hydrogen-bond donors (Lipinski definition) is 1. The van der Waals surface area contributed by atoms with Gasteiger partial charge in [-0.05, 0) is 72.6 Å². The zero-order valence-corrected chi connectivity index (χ0v) is 26.4. The molecule has 7 rings (SSSR count). The molecule has 2 atom stereocenters. The number of carbonyl (C=O) groups is 1. The highest BCUT2D eigenvalue weighted by molar-refractivity contribution is 14.1. The maximum absolute atomic E-state index is 11.6. The molecule has 2 heterocycles. The van der Waals surface area contributed by atoms with Crippen LogP contribution in [0, 0.1) is 0 Å². The number of aromatic carboxylic acids is 1. The standard InChI is InChI=1S/C31H23Cl3IN3O4/c32-23-2-1-3-24(33)27(23)28-22(30(42-37-28)15-4-5-15)13-41-17-7-9-18(25(34)11-17)21-12-20(21)16-6-8-19-26(10-16)38(14-35)36-29(19)31(39)40/h1-3,6-11,15,20-21H,4-5,12-14H2,(H,39,40). The molecule has 11 heteroatoms. The smallest absolute Gasteiger partial charge is 0.357 e. The lowest BCUT2D eigenvalue weighted by atomic mass is 10.0. The average Bonchev–Trinajstić information content (AvgIpc) is 3.89. The lowest BCUT2D eigenvalue weighted by Gasteiger charge is -2.11. The lowest BCUT2D eigenvalue weighted by Crippen LogP contribution is -2.00. The van der Waals surface area contributed by atoms with E-state index in [2.05, 4.69) is 38.9 Å². The highest BCUT2D eigenvalue weighted by Crippen LogP contribution is 2.56. The van der Waals surface area contributed by atoms with Crippen molar-refractivity contribution < 1.29 is 19.2 Å². The number of carboxylic acid groups (broad SMARTS) is 1. The van der Waals surface area contributed by atoms with Crippen molar-refractivity contribution >= 4 is 74.3 Å². The van der Waals surface area contributed by atoms with Gasteiger partial charge in [0.25, 0.3) is 0 Å². The second-order valence-corrected chi connectivity index (χ2v) is 12.6. The Labute approximate surface area is 269 Å². The van der Waals surface area contributed by atoms with Gasteiger partial charge in [-0.3, -0.25) is 4.68 Å². The molecule has 0 aliphatic heterocycles. The molecule has 5 aromatic rings. The Morgan fingerprint density at radius 2 is 1.83 bits per heavy atom. The van der Waals surface area contributed by atoms with Crippen LogP contribution in [0.3, 0.4) is 0 Å². The van der Waals surface area contributed by atoms with Gasteiger partial charge in [-0.2, -0.15) is 5.10 Å². The highest BCUT2D eigenvalue weighted by atomic mass is 127. The fraction of sp³-hybridized carbons (Fsp3) is 0.258. The monoisotopic (exact) mass is 733 g/mol. The molecule has 3 aromatic carbocycles. The first-order chi connectivity index (χ1) is 20.3. The van der Waals surface area contributed by atoms with Crippen LogP contribution in [0.5, 0.6) is 5.75 Å². The minimum atomic E-state index is -1.02. The van der Waals surface area contributed by atoms with E-state index in [0.717, 1.165) is 47.2 Å². The molecular weight excluding hydrogens is 712 g/mol. The molecule has 2 aliphatic rings. The third-order valence-corrected chi connectivity index (χ3v) is 9.63. The first-order valence-electron chi connectivity index (χ1n) is 13.5. The van der Waals surface area contributed by atoms with Crippen molar-refractivity contribution in [3.8, 4) is 17.0 Å². The number of alkyl halides is 1. The average molecular weight is 735 g/mol. The molecule has 0 spiro atoms. The zero-order chi connectivity index (χ0) is 29.1. The summed E-state index contributed by atoms with van der Waals surface area (Å²) in [5.74, 6) is 1.34. The summed E-state index contributed by atoms with van der Waals surface area (Å²) in [4.78, 5) is 11.6. The van der Waals surface area contributed by atoms with Crippen molar-refractivity contribution in [1.29, 1.82) is 0 Å². The highest BCUT2D eigenvalue weighted by Gasteiger charge is 2.41. The minimum Gasteiger partial charge on any atom is -0.489 e. The van der Waals surface area contributed by atoms with Crippen molar-refractivity contribution in [2.24, 2.45) is 0 Å². The van der Waals surface area contributed by atoms with Crippen molar-refractivity contribution in [3.63, 3.8) is 0 Å². The van der Waals surface area contributed by atoms with E-state index >= 15 is 0 Å². The van der Waals surface area contributed by atoms with E-state index < -0.39 is 5.97 Å². The van der Waals surface area contributed by atoms with E-state index in [1.165, 1.54) is 0 Å². The Hall–Kier alpha value is -2.79. The quantitative estimate of drug-likeness (QED) is 0.120. The largest absolute Gasteiger partial charge is 0.489 e. The Morgan fingerprint density at radius 3 is 2.52 bits per heavy atom. The number of ether oxygens (including phenoxy) is 1. The molecule has 2 unspecified atom stereocenters. The van der Waals surface area contributed by atoms with Gasteiger partial charge < -0.3 is 14.4 Å². The molecular formula is C31H23Cl3IN3O4. The Balaban J connectivity index is 1.10. The van der Waals surface area contributed by atoms with Crippen LogP contribution >= 0.6 is 57.4 Å². The topological polar surface area (TPSA) is 90.4 Å². The molecule has 0 saturated heterocycles. The Bertz CT molecular complexity index is 1850. The molecule has 214 valence electrons. The van der Waals surface area contributed by atoms with Gasteiger partial charge >= 0.3 is 5.97 Å². The van der Waals surface area contributed by atoms with Crippen molar-refractivity contribution in [3.05, 3.63) is 97.8 Å². The SMILES string of the molecule is O=C(O)c1nn(CI)c2cc(C3CC3c3ccc(OCc4c(-c5c(Cl)cccc5Cl)noc4C4CC4)cc3Cl)ccc12. The summed E-state index contributed by atoms with van der Waals surface area (Å²) < 4.78 is 14.3. The second kappa shape index (κ2) is 11.0. The summed E-state index contributed by atoms with van der Waals surface area (Å²) in [6.45, 7) is 0.247. The van der Waals surface area contributed by atoms with Gasteiger partial charge in [0.05, 0.1) is 25.7 Å². The Morgan fingerprint density at radius 1 is 1.05 bits per heavy atom. The van der Waals surface area contributed by atoms with E-state index in [9.17, 15) is 9.90 Å². The maximum Gasteiger partial charge on any atom is 0.357 e. The minimum absolute atomic E-state index is 0.0803. The first-order valence-corrected chi connectivity index (χ1v) is 16.1. The van der Waals surface area contributed by atoms with E-state index in [4.69, 9.17) is 44.1 Å². The number of rotatable bonds is 9. The molecule has 0 bridgehead atoms. The van der Waals surface area contributed by atoms with Gasteiger partial charge in [0.15, 0.2) is 5.69 Å². The number of benzene rings is 3. The van der Waals surface area contributed by atoms with Gasteiger partial charge in [0.1, 0.15) is 23.8 Å². The molecule has 0 radical (unpaired) electrons. The summed E-state index contributed by atoms with van der Waals surface area (Å²) in [5.41, 5.74) is 5.22. The zero-order valence-electron chi connectivity index (χ0n) is 22.0. The Kier molecular flexibility index (Phi) is 7.37. The van der Waals surface area contributed by atoms with Gasteiger partial charge in [-0.15, -0.1) is 0 Å². The van der Waals surface area contributed by atoms with E-state index in [1.54, 1.807) is 22.9 Å². The van der Waals surface area contributed by atoms with Crippen LogP contribution in [0.4, 0.5) is 0 Å². The number of halogens is 4. The van der Waals surface area contributed by atoms with Crippen LogP contribution in [-0.4, -0.2) is 26.0 Å². The number of aromatic nitrogens is 3. The van der Waals surface area contributed by atoms with E-state index in [0.29, 0.717) is 53.8 Å². The van der Waals surface area contributed by atoms with Crippen LogP contribution in [0.25, 0.3) is 22.2 Å². The van der Waals surface area contributed by atoms with Crippen LogP contribution in [-0.2, 0) is 11.2 Å². The van der Waals surface area contributed by atoms with E-state index in [-0.39, 0.29) is 18.2 Å². The first kappa shape index (κ1) is 28.0. The fourth-order valence-corrected chi connectivity index (χ4v) is 7.09. The van der Waals surface area contributed by atoms with Crippen LogP contribution < -0.4 is 4.74 Å². The third kappa shape index (κ3) is 5.06. The predicted molar refractivity (Wildman–Crippen MR) is 171 cm³/mol. The molecule has 2 saturated carbocycles. The second-order valence-electron chi connectivity index (χ2n) is 10.7. The number of hydrogen-bond acceptors (Lipinski definition) is 5. The van der Waals surface area contributed by atoms with Crippen LogP contribution in [0.2, 0.25) is 15.1 Å². The van der Waals surface area contributed by atoms with Crippen LogP contribution in [0.1, 0.15) is 70.0 Å². The fourth-order valence-electron chi connectivity index (χ4n) is 5.68. The molecule has 2 aromatic heterocycles. The van der Waals surface area contributed by atoms with Crippen LogP contribution in [0.15, 0.2) is 59.1 Å². The van der Waals surface area contributed by atoms with Crippen molar-refractivity contribution in [1.82, 2.24) is 14.9 Å². The van der Waals surface area contributed by atoms with Gasteiger partial charge in [-0.25, -0.2) is 4.79 Å². The summed E-state index contributed by atoms with van der Waals surface area (Å²) in [6.07, 6.45) is 3.06. The van der Waals surface area contributed by atoms with E-state index in [1.807, 2.05) is 30.3 Å². The van der Waals surface area contributed by atoms with Crippen molar-refractivity contribution in [2.45, 2.75) is 48.2 Å². The molecule has 7 nitrogen and oxygen atoms in total. The normalized spacial score (nSPS) is 18.0. The molecule has 2 fully saturated rings. The lowest BCUT2D eigenvalue weighted by molar-refractivity contribution is 0.0691. The third-order valence-electron chi connectivity index (χ3n) is 8.03. The van der Waals surface area contributed by atoms with Gasteiger partial charge in [-0.1, -0.05) is 86.8 Å². The van der Waals surface area contributed by atoms with Gasteiger partial charge in [0.2, 0.25) is 0 Å². The molecule has 2 aliphatic carbocycles. The summed E-state index contributed by atoms with van der Waals surface area (Å²) >= 11 is 22.0. The maximum atomic E-state index is 11.6. The molecule has 1 N–H and O–H groups in total. The summed E-state index contributed by atoms with van der Waals surface area (Å²) in [7, 11) is 0. The summed E-state index contributed by atoms with van der Waals surface area (Å²) in [6, 6.07) is 17.1. The predicted octanol–water partition coefficient (Wildman–Crippen LogP) is 9.47. The van der Waals surface area contributed by atoms with Gasteiger partial charge in [0, 0.05) is 21.9 Å². The number of nitrogens with zero attached hydrogens (tertiary/aromatic N) is 3. The number of carboxylic acids is 1. The molecule has 0 amide bonds. The summed E-state index contributed by atoms with van der Waals surface area (Å²) in [5, 5.41) is 20.4. The number of fused-ring (bicyclic) bond motifs is 1.